The molecule has 2 aromatic rings. The Kier molecular flexibility index (Phi) is 5.12. The number of anilines is 4. The molecule has 0 unspecified atom stereocenters. The van der Waals surface area contributed by atoms with Crippen LogP contribution in [0.1, 0.15) is 31.2 Å². The molecule has 5 rings (SSSR count). The fourth-order valence-electron chi connectivity index (χ4n) is 4.59. The van der Waals surface area contributed by atoms with Gasteiger partial charge in [-0.15, -0.1) is 0 Å². The Labute approximate surface area is 173 Å². The summed E-state index contributed by atoms with van der Waals surface area (Å²) in [4.78, 5) is 24.1. The molecule has 0 bridgehead atoms. The first-order valence-corrected chi connectivity index (χ1v) is 11.1. The number of hydrogen-bond donors (Lipinski definition) is 0. The Balaban J connectivity index is 1.36. The number of aryl methyl sites for hydroxylation is 1. The van der Waals surface area contributed by atoms with E-state index in [1.807, 2.05) is 0 Å². The van der Waals surface area contributed by atoms with Crippen molar-refractivity contribution in [3.63, 3.8) is 0 Å². The van der Waals surface area contributed by atoms with Crippen molar-refractivity contribution in [2.75, 3.05) is 72.0 Å². The SMILES string of the molecule is Cc1cccc(N2CCN(c3nc(N4CCCC4)nc(N4CCCC4)n3)CC2)c1. The van der Waals surface area contributed by atoms with E-state index in [1.165, 1.54) is 36.9 Å². The topological polar surface area (TPSA) is 51.6 Å². The van der Waals surface area contributed by atoms with Crippen LogP contribution in [-0.2, 0) is 0 Å². The van der Waals surface area contributed by atoms with Gasteiger partial charge in [0.05, 0.1) is 0 Å². The van der Waals surface area contributed by atoms with Crippen molar-refractivity contribution in [3.8, 4) is 0 Å². The maximum atomic E-state index is 4.91. The van der Waals surface area contributed by atoms with Crippen LogP contribution in [0.15, 0.2) is 24.3 Å². The van der Waals surface area contributed by atoms with Crippen molar-refractivity contribution in [1.29, 1.82) is 0 Å². The van der Waals surface area contributed by atoms with Crippen molar-refractivity contribution in [2.45, 2.75) is 32.6 Å². The predicted octanol–water partition coefficient (Wildman–Crippen LogP) is 2.71. The summed E-state index contributed by atoms with van der Waals surface area (Å²) in [5.74, 6) is 2.60. The lowest BCUT2D eigenvalue weighted by atomic mass is 10.2. The molecular formula is C22H31N7. The number of benzene rings is 1. The molecule has 0 N–H and O–H groups in total. The number of hydrogen-bond acceptors (Lipinski definition) is 7. The maximum absolute atomic E-state index is 4.91. The average Bonchev–Trinajstić information content (AvgIpc) is 3.48. The maximum Gasteiger partial charge on any atom is 0.232 e. The van der Waals surface area contributed by atoms with Crippen LogP contribution in [0.2, 0.25) is 0 Å². The molecule has 3 aliphatic heterocycles. The van der Waals surface area contributed by atoms with Crippen molar-refractivity contribution in [3.05, 3.63) is 29.8 Å². The van der Waals surface area contributed by atoms with Gasteiger partial charge in [-0.2, -0.15) is 15.0 Å². The fraction of sp³-hybridized carbons (Fsp3) is 0.591. The summed E-state index contributed by atoms with van der Waals surface area (Å²) in [6.07, 6.45) is 4.93. The van der Waals surface area contributed by atoms with Crippen LogP contribution in [0.25, 0.3) is 0 Å². The molecule has 3 aliphatic rings. The molecule has 154 valence electrons. The van der Waals surface area contributed by atoms with Gasteiger partial charge in [0.2, 0.25) is 17.8 Å². The number of rotatable bonds is 4. The minimum absolute atomic E-state index is 0.854. The van der Waals surface area contributed by atoms with E-state index in [9.17, 15) is 0 Å². The highest BCUT2D eigenvalue weighted by Gasteiger charge is 2.25. The Morgan fingerprint density at radius 2 is 1.03 bits per heavy atom. The monoisotopic (exact) mass is 393 g/mol. The van der Waals surface area contributed by atoms with Crippen LogP contribution < -0.4 is 19.6 Å². The zero-order valence-electron chi connectivity index (χ0n) is 17.4. The highest BCUT2D eigenvalue weighted by molar-refractivity contribution is 5.52. The van der Waals surface area contributed by atoms with Crippen LogP contribution in [0.4, 0.5) is 23.5 Å². The lowest BCUT2D eigenvalue weighted by Gasteiger charge is -2.36. The molecule has 7 heteroatoms. The van der Waals surface area contributed by atoms with Crippen LogP contribution in [0.5, 0.6) is 0 Å². The Morgan fingerprint density at radius 3 is 1.52 bits per heavy atom. The molecule has 7 nitrogen and oxygen atoms in total. The molecule has 3 fully saturated rings. The second-order valence-electron chi connectivity index (χ2n) is 8.44. The van der Waals surface area contributed by atoms with Crippen LogP contribution in [0.3, 0.4) is 0 Å². The van der Waals surface area contributed by atoms with Gasteiger partial charge in [-0.3, -0.25) is 0 Å². The van der Waals surface area contributed by atoms with Gasteiger partial charge in [-0.1, -0.05) is 12.1 Å². The molecule has 4 heterocycles. The highest BCUT2D eigenvalue weighted by Crippen LogP contribution is 2.25. The zero-order valence-corrected chi connectivity index (χ0v) is 17.4. The van der Waals surface area contributed by atoms with Crippen LogP contribution in [-0.4, -0.2) is 67.3 Å². The first-order valence-electron chi connectivity index (χ1n) is 11.1. The summed E-state index contributed by atoms with van der Waals surface area (Å²) in [5.41, 5.74) is 2.63. The second-order valence-corrected chi connectivity index (χ2v) is 8.44. The van der Waals surface area contributed by atoms with E-state index >= 15 is 0 Å². The summed E-state index contributed by atoms with van der Waals surface area (Å²) in [7, 11) is 0. The van der Waals surface area contributed by atoms with E-state index in [2.05, 4.69) is 50.8 Å². The van der Waals surface area contributed by atoms with Gasteiger partial charge in [0.25, 0.3) is 0 Å². The van der Waals surface area contributed by atoms with Gasteiger partial charge >= 0.3 is 0 Å². The molecule has 0 saturated carbocycles. The molecule has 3 saturated heterocycles. The normalized spacial score (nSPS) is 20.0. The molecular weight excluding hydrogens is 362 g/mol. The molecule has 0 radical (unpaired) electrons. The third-order valence-electron chi connectivity index (χ3n) is 6.31. The minimum Gasteiger partial charge on any atom is -0.368 e. The summed E-state index contributed by atoms with van der Waals surface area (Å²) >= 11 is 0. The van der Waals surface area contributed by atoms with Crippen molar-refractivity contribution < 1.29 is 0 Å². The Morgan fingerprint density at radius 1 is 0.586 bits per heavy atom. The predicted molar refractivity (Wildman–Crippen MR) is 118 cm³/mol. The van der Waals surface area contributed by atoms with Gasteiger partial charge in [-0.25, -0.2) is 0 Å². The summed E-state index contributed by atoms with van der Waals surface area (Å²) < 4.78 is 0. The molecule has 1 aromatic heterocycles. The molecule has 0 amide bonds. The molecule has 29 heavy (non-hydrogen) atoms. The molecule has 1 aromatic carbocycles. The average molecular weight is 394 g/mol. The number of nitrogens with zero attached hydrogens (tertiary/aromatic N) is 7. The largest absolute Gasteiger partial charge is 0.368 e. The summed E-state index contributed by atoms with van der Waals surface area (Å²) in [5, 5.41) is 0. The van der Waals surface area contributed by atoms with Gasteiger partial charge in [0.15, 0.2) is 0 Å². The molecule has 0 aliphatic carbocycles. The van der Waals surface area contributed by atoms with E-state index < -0.39 is 0 Å². The third kappa shape index (κ3) is 3.95. The van der Waals surface area contributed by atoms with Crippen LogP contribution in [0, 0.1) is 6.92 Å². The first-order chi connectivity index (χ1) is 14.3. The quantitative estimate of drug-likeness (QED) is 0.792. The third-order valence-corrected chi connectivity index (χ3v) is 6.31. The zero-order chi connectivity index (χ0) is 19.6. The van der Waals surface area contributed by atoms with E-state index in [4.69, 9.17) is 15.0 Å². The second kappa shape index (κ2) is 8.05. The van der Waals surface area contributed by atoms with E-state index in [1.54, 1.807) is 0 Å². The van der Waals surface area contributed by atoms with Gasteiger partial charge in [-0.05, 0) is 50.3 Å². The van der Waals surface area contributed by atoms with E-state index in [-0.39, 0.29) is 0 Å². The van der Waals surface area contributed by atoms with E-state index in [0.29, 0.717) is 0 Å². The highest BCUT2D eigenvalue weighted by atomic mass is 15.4. The van der Waals surface area contributed by atoms with Gasteiger partial charge < -0.3 is 19.6 Å². The Bertz CT molecular complexity index is 801. The van der Waals surface area contributed by atoms with Gasteiger partial charge in [0.1, 0.15) is 0 Å². The minimum atomic E-state index is 0.854. The fourth-order valence-corrected chi connectivity index (χ4v) is 4.59. The molecule has 0 atom stereocenters. The smallest absolute Gasteiger partial charge is 0.232 e. The van der Waals surface area contributed by atoms with Crippen molar-refractivity contribution >= 4 is 23.5 Å². The summed E-state index contributed by atoms with van der Waals surface area (Å²) in [6.45, 7) is 10.3. The lowest BCUT2D eigenvalue weighted by Crippen LogP contribution is -2.47. The van der Waals surface area contributed by atoms with Gasteiger partial charge in [0, 0.05) is 58.0 Å². The number of piperazine rings is 1. The summed E-state index contributed by atoms with van der Waals surface area (Å²) in [6, 6.07) is 8.79. The van der Waals surface area contributed by atoms with Crippen molar-refractivity contribution in [1.82, 2.24) is 15.0 Å². The van der Waals surface area contributed by atoms with Crippen LogP contribution >= 0.6 is 0 Å². The first kappa shape index (κ1) is 18.5. The number of aromatic nitrogens is 3. The lowest BCUT2D eigenvalue weighted by molar-refractivity contribution is 0.636. The van der Waals surface area contributed by atoms with Crippen molar-refractivity contribution in [2.24, 2.45) is 0 Å². The van der Waals surface area contributed by atoms with E-state index in [0.717, 1.165) is 70.2 Å². The molecule has 0 spiro atoms. The Hall–Kier alpha value is -2.57. The standard InChI is InChI=1S/C22H31N7/c1-18-7-6-8-19(17-18)26-13-15-29(16-14-26)22-24-20(27-9-2-3-10-27)23-21(25-22)28-11-4-5-12-28/h6-8,17H,2-5,9-16H2,1H3.